The summed E-state index contributed by atoms with van der Waals surface area (Å²) in [6.07, 6.45) is 7.24. The Hall–Kier alpha value is -1.86. The van der Waals surface area contributed by atoms with E-state index in [1.165, 1.54) is 19.3 Å². The van der Waals surface area contributed by atoms with Crippen LogP contribution in [0.3, 0.4) is 0 Å². The molecule has 1 saturated carbocycles. The van der Waals surface area contributed by atoms with E-state index in [0.29, 0.717) is 23.5 Å². The van der Waals surface area contributed by atoms with Crippen LogP contribution in [-0.4, -0.2) is 29.1 Å². The number of amides is 1. The number of hydrogen-bond acceptors (Lipinski definition) is 3. The van der Waals surface area contributed by atoms with Gasteiger partial charge in [-0.2, -0.15) is 0 Å². The average molecular weight is 286 g/mol. The zero-order chi connectivity index (χ0) is 15.1. The first kappa shape index (κ1) is 15.5. The van der Waals surface area contributed by atoms with E-state index >= 15 is 0 Å². The molecule has 1 aliphatic carbocycles. The number of nitrogens with one attached hydrogen (secondary N) is 1. The number of pyridine rings is 1. The van der Waals surface area contributed by atoms with E-state index < -0.39 is 0 Å². The Morgan fingerprint density at radius 2 is 2.38 bits per heavy atom. The zero-order valence-corrected chi connectivity index (χ0v) is 12.4. The normalized spacial score (nSPS) is 20.7. The standard InChI is InChI=1S/C17H22N2O2/c1-13-5-6-14(10-13)11-19-17(21)16-7-8-18-12-15(16)4-2-3-9-20/h7-8,12-14,20H,3,5-6,9-11H2,1H3,(H,19,21). The number of hydrogen-bond donors (Lipinski definition) is 2. The van der Waals surface area contributed by atoms with Gasteiger partial charge in [-0.25, -0.2) is 0 Å². The first-order valence-corrected chi connectivity index (χ1v) is 7.52. The smallest absolute Gasteiger partial charge is 0.252 e. The van der Waals surface area contributed by atoms with Crippen LogP contribution in [0.15, 0.2) is 18.5 Å². The summed E-state index contributed by atoms with van der Waals surface area (Å²) in [7, 11) is 0. The molecule has 1 aliphatic rings. The second-order valence-electron chi connectivity index (χ2n) is 5.69. The number of nitrogens with zero attached hydrogens (tertiary/aromatic N) is 1. The summed E-state index contributed by atoms with van der Waals surface area (Å²) >= 11 is 0. The molecule has 4 heteroatoms. The molecule has 1 amide bonds. The lowest BCUT2D eigenvalue weighted by molar-refractivity contribution is 0.0947. The fraction of sp³-hybridized carbons (Fsp3) is 0.529. The minimum absolute atomic E-state index is 0.0225. The Morgan fingerprint density at radius 1 is 1.52 bits per heavy atom. The van der Waals surface area contributed by atoms with Gasteiger partial charge in [-0.05, 0) is 30.7 Å². The fourth-order valence-electron chi connectivity index (χ4n) is 2.75. The van der Waals surface area contributed by atoms with Crippen LogP contribution >= 0.6 is 0 Å². The molecule has 0 aliphatic heterocycles. The predicted molar refractivity (Wildman–Crippen MR) is 81.7 cm³/mol. The topological polar surface area (TPSA) is 62.2 Å². The highest BCUT2D eigenvalue weighted by atomic mass is 16.2. The third-order valence-electron chi connectivity index (χ3n) is 3.88. The molecule has 4 nitrogen and oxygen atoms in total. The van der Waals surface area contributed by atoms with Crippen molar-refractivity contribution >= 4 is 5.91 Å². The molecule has 0 radical (unpaired) electrons. The monoisotopic (exact) mass is 286 g/mol. The van der Waals surface area contributed by atoms with E-state index in [2.05, 4.69) is 29.1 Å². The van der Waals surface area contributed by atoms with Gasteiger partial charge in [-0.15, -0.1) is 0 Å². The maximum Gasteiger partial charge on any atom is 0.252 e. The van der Waals surface area contributed by atoms with Crippen molar-refractivity contribution in [3.63, 3.8) is 0 Å². The lowest BCUT2D eigenvalue weighted by atomic mass is 10.1. The predicted octanol–water partition coefficient (Wildman–Crippen LogP) is 1.98. The maximum atomic E-state index is 12.3. The quantitative estimate of drug-likeness (QED) is 0.832. The molecule has 1 heterocycles. The summed E-state index contributed by atoms with van der Waals surface area (Å²) in [6.45, 7) is 3.02. The van der Waals surface area contributed by atoms with Crippen molar-refractivity contribution in [3.8, 4) is 11.8 Å². The summed E-state index contributed by atoms with van der Waals surface area (Å²) in [6, 6.07) is 1.69. The third kappa shape index (κ3) is 4.57. The van der Waals surface area contributed by atoms with Crippen LogP contribution < -0.4 is 5.32 Å². The summed E-state index contributed by atoms with van der Waals surface area (Å²) in [5, 5.41) is 11.8. The van der Waals surface area contributed by atoms with Gasteiger partial charge < -0.3 is 10.4 Å². The van der Waals surface area contributed by atoms with Gasteiger partial charge >= 0.3 is 0 Å². The van der Waals surface area contributed by atoms with Crippen molar-refractivity contribution in [1.82, 2.24) is 10.3 Å². The summed E-state index contributed by atoms with van der Waals surface area (Å²) in [5.74, 6) is 7.00. The number of carbonyl (C=O) groups is 1. The van der Waals surface area contributed by atoms with Crippen LogP contribution in [0.5, 0.6) is 0 Å². The molecule has 21 heavy (non-hydrogen) atoms. The first-order chi connectivity index (χ1) is 10.2. The van der Waals surface area contributed by atoms with Crippen LogP contribution in [-0.2, 0) is 0 Å². The Morgan fingerprint density at radius 3 is 3.10 bits per heavy atom. The van der Waals surface area contributed by atoms with Gasteiger partial charge in [-0.3, -0.25) is 9.78 Å². The van der Waals surface area contributed by atoms with E-state index in [1.54, 1.807) is 18.5 Å². The van der Waals surface area contributed by atoms with Crippen molar-refractivity contribution in [1.29, 1.82) is 0 Å². The molecule has 0 aromatic carbocycles. The number of rotatable bonds is 4. The van der Waals surface area contributed by atoms with Crippen LogP contribution in [0, 0.1) is 23.7 Å². The van der Waals surface area contributed by atoms with Crippen LogP contribution in [0.2, 0.25) is 0 Å². The summed E-state index contributed by atoms with van der Waals surface area (Å²) < 4.78 is 0. The highest BCUT2D eigenvalue weighted by Crippen LogP contribution is 2.29. The summed E-state index contributed by atoms with van der Waals surface area (Å²) in [5.41, 5.74) is 1.17. The molecule has 2 rings (SSSR count). The SMILES string of the molecule is CC1CCC(CNC(=O)c2ccncc2C#CCCO)C1. The van der Waals surface area contributed by atoms with E-state index in [0.717, 1.165) is 12.5 Å². The molecular formula is C17H22N2O2. The Balaban J connectivity index is 1.97. The van der Waals surface area contributed by atoms with Crippen LogP contribution in [0.1, 0.15) is 48.5 Å². The average Bonchev–Trinajstić information content (AvgIpc) is 2.91. The van der Waals surface area contributed by atoms with Crippen LogP contribution in [0.25, 0.3) is 0 Å². The second-order valence-corrected chi connectivity index (χ2v) is 5.69. The van der Waals surface area contributed by atoms with Crippen molar-refractivity contribution in [3.05, 3.63) is 29.6 Å². The highest BCUT2D eigenvalue weighted by Gasteiger charge is 2.22. The highest BCUT2D eigenvalue weighted by molar-refractivity contribution is 5.96. The molecule has 1 fully saturated rings. The van der Waals surface area contributed by atoms with Crippen molar-refractivity contribution in [2.45, 2.75) is 32.6 Å². The zero-order valence-electron chi connectivity index (χ0n) is 12.4. The molecule has 2 atom stereocenters. The lowest BCUT2D eigenvalue weighted by Gasteiger charge is -2.11. The van der Waals surface area contributed by atoms with Gasteiger partial charge in [0.2, 0.25) is 0 Å². The number of aromatic nitrogens is 1. The van der Waals surface area contributed by atoms with Gasteiger partial charge in [-0.1, -0.05) is 25.2 Å². The minimum Gasteiger partial charge on any atom is -0.395 e. The van der Waals surface area contributed by atoms with Crippen LogP contribution in [0.4, 0.5) is 0 Å². The number of carbonyl (C=O) groups excluding carboxylic acids is 1. The molecule has 0 bridgehead atoms. The Bertz CT molecular complexity index is 545. The molecule has 0 spiro atoms. The largest absolute Gasteiger partial charge is 0.395 e. The lowest BCUT2D eigenvalue weighted by Crippen LogP contribution is -2.29. The number of aliphatic hydroxyl groups excluding tert-OH is 1. The third-order valence-corrected chi connectivity index (χ3v) is 3.88. The molecule has 0 saturated heterocycles. The molecule has 1 aromatic rings. The van der Waals surface area contributed by atoms with E-state index in [4.69, 9.17) is 5.11 Å². The molecule has 2 N–H and O–H groups in total. The van der Waals surface area contributed by atoms with Gasteiger partial charge in [0.15, 0.2) is 0 Å². The van der Waals surface area contributed by atoms with Crippen molar-refractivity contribution < 1.29 is 9.90 Å². The van der Waals surface area contributed by atoms with E-state index in [1.807, 2.05) is 0 Å². The Labute approximate surface area is 126 Å². The minimum atomic E-state index is -0.0924. The van der Waals surface area contributed by atoms with Crippen molar-refractivity contribution in [2.24, 2.45) is 11.8 Å². The van der Waals surface area contributed by atoms with E-state index in [-0.39, 0.29) is 12.5 Å². The molecule has 112 valence electrons. The summed E-state index contributed by atoms with van der Waals surface area (Å²) in [4.78, 5) is 16.3. The van der Waals surface area contributed by atoms with Gasteiger partial charge in [0, 0.05) is 25.4 Å². The number of aliphatic hydroxyl groups is 1. The Kier molecular flexibility index (Phi) is 5.77. The van der Waals surface area contributed by atoms with Crippen molar-refractivity contribution in [2.75, 3.05) is 13.2 Å². The second kappa shape index (κ2) is 7.80. The van der Waals surface area contributed by atoms with Gasteiger partial charge in [0.25, 0.3) is 5.91 Å². The fourth-order valence-corrected chi connectivity index (χ4v) is 2.75. The maximum absolute atomic E-state index is 12.3. The van der Waals surface area contributed by atoms with Gasteiger partial charge in [0.05, 0.1) is 17.7 Å². The molecular weight excluding hydrogens is 264 g/mol. The molecule has 2 unspecified atom stereocenters. The molecule has 1 aromatic heterocycles. The van der Waals surface area contributed by atoms with Gasteiger partial charge in [0.1, 0.15) is 0 Å². The first-order valence-electron chi connectivity index (χ1n) is 7.52. The van der Waals surface area contributed by atoms with E-state index in [9.17, 15) is 4.79 Å².